The zero-order chi connectivity index (χ0) is 18.9. The van der Waals surface area contributed by atoms with Crippen molar-refractivity contribution in [3.8, 4) is 5.75 Å². The first-order valence-electron chi connectivity index (χ1n) is 10.8. The zero-order valence-electron chi connectivity index (χ0n) is 16.9. The van der Waals surface area contributed by atoms with Gasteiger partial charge in [0.15, 0.2) is 0 Å². The van der Waals surface area contributed by atoms with Gasteiger partial charge in [0.25, 0.3) is 0 Å². The Balaban J connectivity index is 1.43. The number of hydrogen-bond donors (Lipinski definition) is 1. The van der Waals surface area contributed by atoms with Gasteiger partial charge in [0.05, 0.1) is 12.0 Å². The minimum Gasteiger partial charge on any atom is -0.493 e. The summed E-state index contributed by atoms with van der Waals surface area (Å²) in [6, 6.07) is 8.33. The van der Waals surface area contributed by atoms with E-state index in [0.717, 1.165) is 70.6 Å². The average molecular weight is 371 g/mol. The predicted molar refractivity (Wildman–Crippen MR) is 108 cm³/mol. The molecule has 3 fully saturated rings. The minimum atomic E-state index is -0.283. The van der Waals surface area contributed by atoms with Crippen LogP contribution in [0.5, 0.6) is 5.75 Å². The van der Waals surface area contributed by atoms with E-state index in [1.165, 1.54) is 12.0 Å². The molecule has 0 unspecified atom stereocenters. The van der Waals surface area contributed by atoms with E-state index in [-0.39, 0.29) is 5.41 Å². The number of hydrogen-bond acceptors (Lipinski definition) is 3. The summed E-state index contributed by atoms with van der Waals surface area (Å²) in [5.41, 5.74) is 1.35. The van der Waals surface area contributed by atoms with Crippen molar-refractivity contribution in [1.29, 1.82) is 0 Å². The van der Waals surface area contributed by atoms with Crippen molar-refractivity contribution in [3.05, 3.63) is 29.8 Å². The molecular weight excluding hydrogens is 336 g/mol. The number of nitrogens with one attached hydrogen (secondary N) is 1. The number of piperidine rings is 1. The maximum absolute atomic E-state index is 13.5. The average Bonchev–Trinajstić information content (AvgIpc) is 3.08. The van der Waals surface area contributed by atoms with Crippen LogP contribution in [0.25, 0.3) is 0 Å². The molecule has 1 N–H and O–H groups in total. The topological polar surface area (TPSA) is 41.6 Å². The Hall–Kier alpha value is -1.55. The van der Waals surface area contributed by atoms with E-state index in [4.69, 9.17) is 4.74 Å². The van der Waals surface area contributed by atoms with Gasteiger partial charge in [-0.05, 0) is 67.7 Å². The van der Waals surface area contributed by atoms with Gasteiger partial charge >= 0.3 is 0 Å². The van der Waals surface area contributed by atoms with Crippen molar-refractivity contribution in [2.75, 3.05) is 32.8 Å². The summed E-state index contributed by atoms with van der Waals surface area (Å²) in [7, 11) is 0. The van der Waals surface area contributed by atoms with Crippen molar-refractivity contribution in [1.82, 2.24) is 10.2 Å². The minimum absolute atomic E-state index is 0.283. The van der Waals surface area contributed by atoms with Gasteiger partial charge in [-0.2, -0.15) is 0 Å². The molecule has 1 spiro atoms. The third-order valence-electron chi connectivity index (χ3n) is 7.05. The van der Waals surface area contributed by atoms with Crippen LogP contribution in [0, 0.1) is 11.3 Å². The Kier molecular flexibility index (Phi) is 5.19. The van der Waals surface area contributed by atoms with Gasteiger partial charge in [-0.15, -0.1) is 0 Å². The molecule has 4 heteroatoms. The van der Waals surface area contributed by atoms with Crippen LogP contribution >= 0.6 is 0 Å². The van der Waals surface area contributed by atoms with E-state index in [0.29, 0.717) is 17.2 Å². The van der Waals surface area contributed by atoms with E-state index in [1.54, 1.807) is 0 Å². The number of amides is 1. The van der Waals surface area contributed by atoms with Gasteiger partial charge in [-0.25, -0.2) is 0 Å². The fraction of sp³-hybridized carbons (Fsp3) is 0.696. The first-order valence-corrected chi connectivity index (χ1v) is 10.8. The fourth-order valence-corrected chi connectivity index (χ4v) is 5.00. The van der Waals surface area contributed by atoms with Crippen LogP contribution < -0.4 is 10.1 Å². The van der Waals surface area contributed by atoms with Gasteiger partial charge in [0.1, 0.15) is 5.75 Å². The monoisotopic (exact) mass is 370 g/mol. The van der Waals surface area contributed by atoms with E-state index in [2.05, 4.69) is 36.2 Å². The molecule has 3 aliphatic rings. The maximum Gasteiger partial charge on any atom is 0.233 e. The van der Waals surface area contributed by atoms with Crippen molar-refractivity contribution < 1.29 is 9.53 Å². The largest absolute Gasteiger partial charge is 0.493 e. The van der Waals surface area contributed by atoms with Gasteiger partial charge in [0, 0.05) is 19.6 Å². The normalized spacial score (nSPS) is 23.4. The van der Waals surface area contributed by atoms with Gasteiger partial charge in [-0.1, -0.05) is 32.4 Å². The second-order valence-corrected chi connectivity index (χ2v) is 9.38. The lowest BCUT2D eigenvalue weighted by atomic mass is 9.63. The smallest absolute Gasteiger partial charge is 0.233 e. The number of rotatable bonds is 5. The van der Waals surface area contributed by atoms with Gasteiger partial charge in [0.2, 0.25) is 5.91 Å². The lowest BCUT2D eigenvalue weighted by molar-refractivity contribution is -0.143. The maximum atomic E-state index is 13.5. The molecule has 0 aromatic heterocycles. The SMILES string of the molecule is CC(C)COc1ccc(C2(C(=O)N3CCC4(CCNC4)CC3)CCC2)cc1. The molecule has 0 bridgehead atoms. The summed E-state index contributed by atoms with van der Waals surface area (Å²) in [5.74, 6) is 1.79. The van der Waals surface area contributed by atoms with E-state index in [1.807, 2.05) is 12.1 Å². The lowest BCUT2D eigenvalue weighted by Crippen LogP contribution is -2.54. The van der Waals surface area contributed by atoms with Crippen molar-refractivity contribution in [3.63, 3.8) is 0 Å². The number of benzene rings is 1. The van der Waals surface area contributed by atoms with Crippen LogP contribution in [0.2, 0.25) is 0 Å². The second kappa shape index (κ2) is 7.46. The third kappa shape index (κ3) is 3.61. The highest BCUT2D eigenvalue weighted by Gasteiger charge is 2.49. The molecule has 1 amide bonds. The molecule has 1 aliphatic carbocycles. The van der Waals surface area contributed by atoms with Crippen LogP contribution in [-0.2, 0) is 10.2 Å². The quantitative estimate of drug-likeness (QED) is 0.858. The van der Waals surface area contributed by atoms with Gasteiger partial charge < -0.3 is 15.0 Å². The molecule has 2 heterocycles. The molecule has 1 aromatic rings. The highest BCUT2D eigenvalue weighted by Crippen LogP contribution is 2.47. The van der Waals surface area contributed by atoms with E-state index >= 15 is 0 Å². The Labute approximate surface area is 163 Å². The first-order chi connectivity index (χ1) is 13.0. The summed E-state index contributed by atoms with van der Waals surface area (Å²) < 4.78 is 5.82. The predicted octanol–water partition coefficient (Wildman–Crippen LogP) is 3.75. The zero-order valence-corrected chi connectivity index (χ0v) is 16.9. The molecular formula is C23H34N2O2. The number of ether oxygens (including phenoxy) is 1. The molecule has 1 aromatic carbocycles. The van der Waals surface area contributed by atoms with E-state index < -0.39 is 0 Å². The number of nitrogens with zero attached hydrogens (tertiary/aromatic N) is 1. The molecule has 1 saturated carbocycles. The summed E-state index contributed by atoms with van der Waals surface area (Å²) in [4.78, 5) is 15.6. The molecule has 0 radical (unpaired) electrons. The van der Waals surface area contributed by atoms with E-state index in [9.17, 15) is 4.79 Å². The molecule has 4 nitrogen and oxygen atoms in total. The molecule has 27 heavy (non-hydrogen) atoms. The molecule has 4 rings (SSSR count). The Bertz CT molecular complexity index is 647. The van der Waals surface area contributed by atoms with Crippen molar-refractivity contribution >= 4 is 5.91 Å². The molecule has 2 saturated heterocycles. The Morgan fingerprint density at radius 2 is 1.81 bits per heavy atom. The fourth-order valence-electron chi connectivity index (χ4n) is 5.00. The third-order valence-corrected chi connectivity index (χ3v) is 7.05. The molecule has 148 valence electrons. The van der Waals surface area contributed by atoms with Crippen LogP contribution in [0.1, 0.15) is 57.9 Å². The van der Waals surface area contributed by atoms with Crippen LogP contribution in [0.15, 0.2) is 24.3 Å². The number of carbonyl (C=O) groups is 1. The highest BCUT2D eigenvalue weighted by molar-refractivity contribution is 5.89. The van der Waals surface area contributed by atoms with Gasteiger partial charge in [-0.3, -0.25) is 4.79 Å². The summed E-state index contributed by atoms with van der Waals surface area (Å²) >= 11 is 0. The van der Waals surface area contributed by atoms with Crippen LogP contribution in [0.3, 0.4) is 0 Å². The highest BCUT2D eigenvalue weighted by atomic mass is 16.5. The number of likely N-dealkylation sites (tertiary alicyclic amines) is 1. The molecule has 0 atom stereocenters. The Morgan fingerprint density at radius 1 is 1.11 bits per heavy atom. The second-order valence-electron chi connectivity index (χ2n) is 9.38. The lowest BCUT2D eigenvalue weighted by Gasteiger charge is -2.47. The summed E-state index contributed by atoms with van der Waals surface area (Å²) in [6.45, 7) is 9.17. The first kappa shape index (κ1) is 18.8. The van der Waals surface area contributed by atoms with Crippen LogP contribution in [-0.4, -0.2) is 43.6 Å². The van der Waals surface area contributed by atoms with Crippen molar-refractivity contribution in [2.24, 2.45) is 11.3 Å². The standard InChI is InChI=1S/C23H34N2O2/c1-18(2)16-27-20-6-4-19(5-7-20)23(8-3-9-23)21(26)25-14-11-22(12-15-25)10-13-24-17-22/h4-7,18,24H,3,8-17H2,1-2H3. The molecule has 2 aliphatic heterocycles. The van der Waals surface area contributed by atoms with Crippen LogP contribution in [0.4, 0.5) is 0 Å². The Morgan fingerprint density at radius 3 is 2.33 bits per heavy atom. The summed E-state index contributed by atoms with van der Waals surface area (Å²) in [5, 5.41) is 3.51. The summed E-state index contributed by atoms with van der Waals surface area (Å²) in [6.07, 6.45) is 6.72. The van der Waals surface area contributed by atoms with Crippen molar-refractivity contribution in [2.45, 2.75) is 57.8 Å². The number of carbonyl (C=O) groups excluding carboxylic acids is 1.